The van der Waals surface area contributed by atoms with Crippen molar-refractivity contribution < 1.29 is 4.42 Å². The summed E-state index contributed by atoms with van der Waals surface area (Å²) in [7, 11) is 0. The van der Waals surface area contributed by atoms with Gasteiger partial charge >= 0.3 is 5.63 Å². The average Bonchev–Trinajstić information content (AvgIpc) is 3.18. The number of aromatic nitrogens is 3. The van der Waals surface area contributed by atoms with E-state index in [4.69, 9.17) is 4.42 Å². The fourth-order valence-corrected chi connectivity index (χ4v) is 3.56. The molecule has 2 aromatic heterocycles. The fraction of sp³-hybridized carbons (Fsp3) is 0.227. The van der Waals surface area contributed by atoms with Gasteiger partial charge in [0, 0.05) is 15.4 Å². The average molecular weight is 438 g/mol. The molecule has 0 saturated heterocycles. The van der Waals surface area contributed by atoms with Gasteiger partial charge in [-0.05, 0) is 42.7 Å². The first-order valence-electron chi connectivity index (χ1n) is 9.39. The van der Waals surface area contributed by atoms with E-state index in [0.717, 1.165) is 21.8 Å². The minimum Gasteiger partial charge on any atom is -0.421 e. The standard InChI is InChI=1S/C22H20BrN3O2/c1-2-3-4-5-15-6-8-16(9-7-15)19-14-26(25-24-19)20-13-17-12-18(23)10-11-21(17)28-22(20)27/h6-14H,2-5H2,1H3. The summed E-state index contributed by atoms with van der Waals surface area (Å²) in [5.41, 5.74) is 3.44. The SMILES string of the molecule is CCCCCc1ccc(-c2cn(-c3cc4cc(Br)ccc4oc3=O)nn2)cc1. The number of benzene rings is 2. The number of nitrogens with zero attached hydrogens (tertiary/aromatic N) is 3. The lowest BCUT2D eigenvalue weighted by atomic mass is 10.0. The van der Waals surface area contributed by atoms with E-state index in [0.29, 0.717) is 17.0 Å². The lowest BCUT2D eigenvalue weighted by molar-refractivity contribution is 0.550. The van der Waals surface area contributed by atoms with Crippen LogP contribution in [0, 0.1) is 0 Å². The molecule has 0 radical (unpaired) electrons. The summed E-state index contributed by atoms with van der Waals surface area (Å²) in [5.74, 6) is 0. The van der Waals surface area contributed by atoms with Crippen LogP contribution in [0.1, 0.15) is 31.7 Å². The normalized spacial score (nSPS) is 11.2. The van der Waals surface area contributed by atoms with Gasteiger partial charge in [-0.2, -0.15) is 0 Å². The summed E-state index contributed by atoms with van der Waals surface area (Å²) < 4.78 is 7.80. The lowest BCUT2D eigenvalue weighted by Gasteiger charge is -2.02. The second-order valence-corrected chi connectivity index (χ2v) is 7.72. The van der Waals surface area contributed by atoms with E-state index in [-0.39, 0.29) is 0 Å². The molecule has 0 amide bonds. The van der Waals surface area contributed by atoms with Crippen molar-refractivity contribution in [1.82, 2.24) is 15.0 Å². The minimum atomic E-state index is -0.447. The maximum atomic E-state index is 12.4. The molecule has 0 saturated carbocycles. The fourth-order valence-electron chi connectivity index (χ4n) is 3.18. The monoisotopic (exact) mass is 437 g/mol. The van der Waals surface area contributed by atoms with Gasteiger partial charge in [-0.15, -0.1) is 5.10 Å². The Morgan fingerprint density at radius 3 is 2.68 bits per heavy atom. The predicted molar refractivity (Wildman–Crippen MR) is 114 cm³/mol. The maximum absolute atomic E-state index is 12.4. The van der Waals surface area contributed by atoms with Crippen LogP contribution in [0.5, 0.6) is 0 Å². The molecule has 0 aliphatic carbocycles. The topological polar surface area (TPSA) is 60.9 Å². The van der Waals surface area contributed by atoms with Gasteiger partial charge in [-0.1, -0.05) is 65.2 Å². The van der Waals surface area contributed by atoms with Gasteiger partial charge in [0.1, 0.15) is 11.3 Å². The molecule has 4 aromatic rings. The highest BCUT2D eigenvalue weighted by atomic mass is 79.9. The van der Waals surface area contributed by atoms with Crippen LogP contribution < -0.4 is 5.63 Å². The largest absolute Gasteiger partial charge is 0.421 e. The number of unbranched alkanes of at least 4 members (excludes halogenated alkanes) is 2. The van der Waals surface area contributed by atoms with Crippen LogP contribution in [0.3, 0.4) is 0 Å². The molecule has 28 heavy (non-hydrogen) atoms. The zero-order chi connectivity index (χ0) is 19.5. The number of rotatable bonds is 6. The summed E-state index contributed by atoms with van der Waals surface area (Å²) in [6.07, 6.45) is 6.53. The Bertz CT molecular complexity index is 1160. The third-order valence-electron chi connectivity index (χ3n) is 4.73. The van der Waals surface area contributed by atoms with Gasteiger partial charge in [0.15, 0.2) is 5.69 Å². The van der Waals surface area contributed by atoms with Crippen molar-refractivity contribution in [3.05, 3.63) is 75.2 Å². The van der Waals surface area contributed by atoms with Crippen molar-refractivity contribution in [2.45, 2.75) is 32.6 Å². The number of hydrogen-bond donors (Lipinski definition) is 0. The molecule has 0 bridgehead atoms. The Morgan fingerprint density at radius 2 is 1.89 bits per heavy atom. The Kier molecular flexibility index (Phi) is 5.39. The first-order valence-corrected chi connectivity index (χ1v) is 10.2. The molecule has 0 atom stereocenters. The third-order valence-corrected chi connectivity index (χ3v) is 5.23. The van der Waals surface area contributed by atoms with E-state index < -0.39 is 5.63 Å². The summed E-state index contributed by atoms with van der Waals surface area (Å²) in [5, 5.41) is 9.18. The van der Waals surface area contributed by atoms with Crippen LogP contribution in [0.15, 0.2) is 68.4 Å². The Labute approximate surface area is 171 Å². The van der Waals surface area contributed by atoms with Crippen molar-refractivity contribution >= 4 is 26.9 Å². The number of halogens is 1. The molecule has 0 aliphatic rings. The number of hydrogen-bond acceptors (Lipinski definition) is 4. The summed E-state index contributed by atoms with van der Waals surface area (Å²) >= 11 is 3.44. The van der Waals surface area contributed by atoms with Crippen LogP contribution in [-0.2, 0) is 6.42 Å². The second-order valence-electron chi connectivity index (χ2n) is 6.80. The Morgan fingerprint density at radius 1 is 1.07 bits per heavy atom. The van der Waals surface area contributed by atoms with E-state index >= 15 is 0 Å². The predicted octanol–water partition coefficient (Wildman–Crippen LogP) is 5.54. The van der Waals surface area contributed by atoms with E-state index in [1.54, 1.807) is 18.3 Å². The second kappa shape index (κ2) is 8.10. The van der Waals surface area contributed by atoms with Crippen molar-refractivity contribution in [2.75, 3.05) is 0 Å². The van der Waals surface area contributed by atoms with Gasteiger partial charge in [0.2, 0.25) is 0 Å². The van der Waals surface area contributed by atoms with Gasteiger partial charge < -0.3 is 4.42 Å². The van der Waals surface area contributed by atoms with E-state index in [2.05, 4.69) is 57.4 Å². The first kappa shape index (κ1) is 18.6. The van der Waals surface area contributed by atoms with Gasteiger partial charge in [0.25, 0.3) is 0 Å². The highest BCUT2D eigenvalue weighted by Crippen LogP contribution is 2.22. The molecule has 0 fully saturated rings. The quantitative estimate of drug-likeness (QED) is 0.293. The highest BCUT2D eigenvalue weighted by Gasteiger charge is 2.11. The van der Waals surface area contributed by atoms with Gasteiger partial charge in [-0.3, -0.25) is 0 Å². The zero-order valence-electron chi connectivity index (χ0n) is 15.6. The molecule has 142 valence electrons. The smallest absolute Gasteiger partial charge is 0.362 e. The summed E-state index contributed by atoms with van der Waals surface area (Å²) in [6, 6.07) is 15.6. The van der Waals surface area contributed by atoms with Crippen LogP contribution in [-0.4, -0.2) is 15.0 Å². The molecule has 2 aromatic carbocycles. The van der Waals surface area contributed by atoms with Crippen molar-refractivity contribution in [1.29, 1.82) is 0 Å². The van der Waals surface area contributed by atoms with E-state index in [1.165, 1.54) is 29.5 Å². The molecule has 2 heterocycles. The summed E-state index contributed by atoms with van der Waals surface area (Å²) in [4.78, 5) is 12.4. The lowest BCUT2D eigenvalue weighted by Crippen LogP contribution is -2.10. The molecule has 0 spiro atoms. The van der Waals surface area contributed by atoms with Crippen molar-refractivity contribution in [3.8, 4) is 16.9 Å². The zero-order valence-corrected chi connectivity index (χ0v) is 17.1. The molecule has 6 heteroatoms. The molecular weight excluding hydrogens is 418 g/mol. The van der Waals surface area contributed by atoms with Gasteiger partial charge in [-0.25, -0.2) is 9.48 Å². The molecule has 4 rings (SSSR count). The van der Waals surface area contributed by atoms with Crippen LogP contribution in [0.25, 0.3) is 27.9 Å². The number of aryl methyl sites for hydroxylation is 1. The van der Waals surface area contributed by atoms with Crippen LogP contribution in [0.2, 0.25) is 0 Å². The molecule has 5 nitrogen and oxygen atoms in total. The Balaban J connectivity index is 1.61. The van der Waals surface area contributed by atoms with Crippen LogP contribution >= 0.6 is 15.9 Å². The van der Waals surface area contributed by atoms with Crippen molar-refractivity contribution in [2.24, 2.45) is 0 Å². The minimum absolute atomic E-state index is 0.334. The molecule has 0 aliphatic heterocycles. The molecular formula is C22H20BrN3O2. The first-order chi connectivity index (χ1) is 13.6. The van der Waals surface area contributed by atoms with E-state index in [9.17, 15) is 4.79 Å². The van der Waals surface area contributed by atoms with Crippen LogP contribution in [0.4, 0.5) is 0 Å². The van der Waals surface area contributed by atoms with Crippen molar-refractivity contribution in [3.63, 3.8) is 0 Å². The highest BCUT2D eigenvalue weighted by molar-refractivity contribution is 9.10. The third kappa shape index (κ3) is 3.92. The molecule has 0 unspecified atom stereocenters. The molecule has 0 N–H and O–H groups in total. The maximum Gasteiger partial charge on any atom is 0.362 e. The summed E-state index contributed by atoms with van der Waals surface area (Å²) in [6.45, 7) is 2.21. The Hall–Kier alpha value is -2.73. The van der Waals surface area contributed by atoms with E-state index in [1.807, 2.05) is 12.1 Å². The number of fused-ring (bicyclic) bond motifs is 1. The van der Waals surface area contributed by atoms with Gasteiger partial charge in [0.05, 0.1) is 6.20 Å².